The Labute approximate surface area is 234 Å². The lowest BCUT2D eigenvalue weighted by molar-refractivity contribution is -0.159. The van der Waals surface area contributed by atoms with Crippen LogP contribution in [0.15, 0.2) is 57.0 Å². The van der Waals surface area contributed by atoms with Gasteiger partial charge in [0.2, 0.25) is 17.7 Å². The number of fused-ring (bicyclic) bond motifs is 4. The van der Waals surface area contributed by atoms with Gasteiger partial charge in [-0.2, -0.15) is 0 Å². The number of urea groups is 1. The molecule has 0 saturated carbocycles. The standard InChI is InChI=1S/C29H28N6O6/c1-16-7-4-5-8-20(16)35-24(37)19(23(36)31-27(35)40)15-30-18-10-11-21-17(13-18)14-29(22-9-6-12-34(21)22)25(38)32(2)28(41)33(3)26(29)39/h4-5,7-8,10-11,13,15,22,37H,6,9,12,14H2,1-3H3,(H,31,36,40)/t22-/m1/s1. The van der Waals surface area contributed by atoms with Gasteiger partial charge < -0.3 is 10.0 Å². The van der Waals surface area contributed by atoms with Crippen LogP contribution in [0.5, 0.6) is 5.88 Å². The van der Waals surface area contributed by atoms with Crippen molar-refractivity contribution >= 4 is 35.4 Å². The van der Waals surface area contributed by atoms with Crippen LogP contribution in [-0.2, 0) is 16.0 Å². The quantitative estimate of drug-likeness (QED) is 0.370. The highest BCUT2D eigenvalue weighted by Gasteiger charge is 2.63. The van der Waals surface area contributed by atoms with E-state index in [2.05, 4.69) is 14.9 Å². The molecule has 1 spiro atoms. The number of para-hydroxylation sites is 1. The van der Waals surface area contributed by atoms with Gasteiger partial charge in [0.1, 0.15) is 5.56 Å². The summed E-state index contributed by atoms with van der Waals surface area (Å²) in [5, 5.41) is 10.9. The number of hydrogen-bond acceptors (Lipinski definition) is 8. The normalized spacial score (nSPS) is 19.8. The molecule has 12 nitrogen and oxygen atoms in total. The maximum atomic E-state index is 13.6. The molecule has 6 rings (SSSR count). The van der Waals surface area contributed by atoms with Crippen molar-refractivity contribution in [2.75, 3.05) is 25.5 Å². The molecule has 2 N–H and O–H groups in total. The first kappa shape index (κ1) is 26.2. The molecular weight excluding hydrogens is 528 g/mol. The highest BCUT2D eigenvalue weighted by atomic mass is 16.3. The van der Waals surface area contributed by atoms with Crippen LogP contribution in [0.1, 0.15) is 29.5 Å². The molecular formula is C29H28N6O6. The Morgan fingerprint density at radius 2 is 1.71 bits per heavy atom. The van der Waals surface area contributed by atoms with Crippen LogP contribution in [0.25, 0.3) is 5.69 Å². The second-order valence-corrected chi connectivity index (χ2v) is 10.7. The van der Waals surface area contributed by atoms with Crippen molar-refractivity contribution in [1.29, 1.82) is 0 Å². The molecule has 3 aliphatic rings. The SMILES string of the molecule is Cc1ccccc1-n1c(O)c(C=Nc2ccc3c(c2)CC2(C(=O)N(C)C(=O)N(C)C2=O)[C@H]2CCCN32)c(=O)[nH]c1=O. The van der Waals surface area contributed by atoms with Crippen LogP contribution >= 0.6 is 0 Å². The van der Waals surface area contributed by atoms with Crippen LogP contribution in [-0.4, -0.2) is 75.2 Å². The number of imide groups is 2. The number of nitrogens with zero attached hydrogens (tertiary/aromatic N) is 5. The number of H-pyrrole nitrogens is 1. The smallest absolute Gasteiger partial charge is 0.335 e. The van der Waals surface area contributed by atoms with E-state index >= 15 is 0 Å². The van der Waals surface area contributed by atoms with Gasteiger partial charge in [-0.1, -0.05) is 18.2 Å². The van der Waals surface area contributed by atoms with Crippen molar-refractivity contribution in [3.8, 4) is 11.6 Å². The topological polar surface area (TPSA) is 148 Å². The van der Waals surface area contributed by atoms with E-state index in [0.717, 1.165) is 26.5 Å². The van der Waals surface area contributed by atoms with E-state index in [-0.39, 0.29) is 18.0 Å². The number of carbonyl (C=O) groups is 3. The van der Waals surface area contributed by atoms with Crippen LogP contribution in [0, 0.1) is 12.3 Å². The number of benzene rings is 2. The highest BCUT2D eigenvalue weighted by molar-refractivity contribution is 6.20. The van der Waals surface area contributed by atoms with Gasteiger partial charge in [0.25, 0.3) is 5.56 Å². The number of anilines is 1. The number of nitrogens with one attached hydrogen (secondary N) is 1. The third kappa shape index (κ3) is 3.74. The summed E-state index contributed by atoms with van der Waals surface area (Å²) < 4.78 is 1.01. The van der Waals surface area contributed by atoms with E-state index in [1.165, 1.54) is 20.3 Å². The second-order valence-electron chi connectivity index (χ2n) is 10.7. The molecule has 0 aliphatic carbocycles. The number of amides is 4. The summed E-state index contributed by atoms with van der Waals surface area (Å²) in [6.07, 6.45) is 2.71. The van der Waals surface area contributed by atoms with Gasteiger partial charge >= 0.3 is 11.7 Å². The predicted molar refractivity (Wildman–Crippen MR) is 150 cm³/mol. The average Bonchev–Trinajstić information content (AvgIpc) is 3.45. The molecule has 2 aromatic carbocycles. The molecule has 4 heterocycles. The third-order valence-electron chi connectivity index (χ3n) is 8.43. The average molecular weight is 557 g/mol. The molecule has 210 valence electrons. The monoisotopic (exact) mass is 556 g/mol. The molecule has 1 atom stereocenters. The fraction of sp³-hybridized carbons (Fsp3) is 0.310. The minimum absolute atomic E-state index is 0.0937. The molecule has 3 aromatic rings. The Morgan fingerprint density at radius 1 is 1.00 bits per heavy atom. The van der Waals surface area contributed by atoms with Gasteiger partial charge in [-0.25, -0.2) is 14.2 Å². The fourth-order valence-electron chi connectivity index (χ4n) is 6.42. The largest absolute Gasteiger partial charge is 0.493 e. The third-order valence-corrected chi connectivity index (χ3v) is 8.43. The Hall–Kier alpha value is -5.00. The number of barbiturate groups is 1. The molecule has 3 aliphatic heterocycles. The van der Waals surface area contributed by atoms with Crippen molar-refractivity contribution in [2.24, 2.45) is 10.4 Å². The summed E-state index contributed by atoms with van der Waals surface area (Å²) in [5.41, 5.74) is -0.1000. The number of aryl methyl sites for hydroxylation is 1. The van der Waals surface area contributed by atoms with Crippen molar-refractivity contribution in [1.82, 2.24) is 19.4 Å². The van der Waals surface area contributed by atoms with Gasteiger partial charge in [0, 0.05) is 32.5 Å². The van der Waals surface area contributed by atoms with E-state index in [1.807, 2.05) is 6.07 Å². The van der Waals surface area contributed by atoms with E-state index in [4.69, 9.17) is 0 Å². The summed E-state index contributed by atoms with van der Waals surface area (Å²) in [7, 11) is 2.79. The van der Waals surface area contributed by atoms with Gasteiger partial charge in [-0.05, 0) is 61.6 Å². The van der Waals surface area contributed by atoms with Gasteiger partial charge in [0.15, 0.2) is 5.41 Å². The predicted octanol–water partition coefficient (Wildman–Crippen LogP) is 1.85. The highest BCUT2D eigenvalue weighted by Crippen LogP contribution is 2.49. The Kier molecular flexibility index (Phi) is 5.94. The number of aliphatic imine (C=N–C) groups is 1. The lowest BCUT2D eigenvalue weighted by Crippen LogP contribution is -2.70. The van der Waals surface area contributed by atoms with Crippen molar-refractivity contribution in [2.45, 2.75) is 32.2 Å². The number of aromatic amines is 1. The summed E-state index contributed by atoms with van der Waals surface area (Å²) in [6.45, 7) is 2.44. The molecule has 4 amide bonds. The number of carbonyl (C=O) groups excluding carboxylic acids is 3. The molecule has 1 aromatic heterocycles. The number of hydrogen-bond donors (Lipinski definition) is 2. The van der Waals surface area contributed by atoms with Gasteiger partial charge in [-0.3, -0.25) is 34.2 Å². The van der Waals surface area contributed by atoms with E-state index in [0.29, 0.717) is 35.5 Å². The molecule has 41 heavy (non-hydrogen) atoms. The zero-order valence-corrected chi connectivity index (χ0v) is 22.7. The van der Waals surface area contributed by atoms with E-state index in [1.54, 1.807) is 43.3 Å². The summed E-state index contributed by atoms with van der Waals surface area (Å²) >= 11 is 0. The fourth-order valence-corrected chi connectivity index (χ4v) is 6.42. The molecule has 12 heteroatoms. The maximum Gasteiger partial charge on any atom is 0.335 e. The lowest BCUT2D eigenvalue weighted by Gasteiger charge is -2.50. The maximum absolute atomic E-state index is 13.6. The molecule has 2 saturated heterocycles. The molecule has 0 bridgehead atoms. The van der Waals surface area contributed by atoms with Crippen LogP contribution in [0.4, 0.5) is 16.2 Å². The minimum atomic E-state index is -1.44. The zero-order valence-electron chi connectivity index (χ0n) is 22.7. The van der Waals surface area contributed by atoms with Crippen molar-refractivity contribution < 1.29 is 19.5 Å². The molecule has 0 unspecified atom stereocenters. The first-order valence-electron chi connectivity index (χ1n) is 13.2. The van der Waals surface area contributed by atoms with E-state index in [9.17, 15) is 29.1 Å². The first-order valence-corrected chi connectivity index (χ1v) is 13.2. The van der Waals surface area contributed by atoms with E-state index < -0.39 is 40.4 Å². The Bertz CT molecular complexity index is 1760. The van der Waals surface area contributed by atoms with Gasteiger partial charge in [0.05, 0.1) is 17.4 Å². The number of rotatable bonds is 3. The lowest BCUT2D eigenvalue weighted by atomic mass is 9.68. The van der Waals surface area contributed by atoms with Crippen molar-refractivity contribution in [3.63, 3.8) is 0 Å². The Balaban J connectivity index is 1.41. The summed E-state index contributed by atoms with van der Waals surface area (Å²) in [4.78, 5) is 75.6. The summed E-state index contributed by atoms with van der Waals surface area (Å²) in [5.74, 6) is -1.59. The van der Waals surface area contributed by atoms with Crippen LogP contribution in [0.3, 0.4) is 0 Å². The van der Waals surface area contributed by atoms with Crippen molar-refractivity contribution in [3.05, 3.63) is 80.0 Å². The van der Waals surface area contributed by atoms with Crippen LogP contribution in [0.2, 0.25) is 0 Å². The van der Waals surface area contributed by atoms with Gasteiger partial charge in [-0.15, -0.1) is 0 Å². The zero-order chi connectivity index (χ0) is 29.2. The number of aromatic hydroxyl groups is 1. The second kappa shape index (κ2) is 9.29. The molecule has 0 radical (unpaired) electrons. The number of aromatic nitrogens is 2. The Morgan fingerprint density at radius 3 is 2.41 bits per heavy atom. The van der Waals surface area contributed by atoms with Crippen LogP contribution < -0.4 is 16.1 Å². The molecule has 2 fully saturated rings. The first-order chi connectivity index (χ1) is 19.6. The minimum Gasteiger partial charge on any atom is -0.493 e. The summed E-state index contributed by atoms with van der Waals surface area (Å²) in [6, 6.07) is 11.3.